The number of carboxylic acids is 1. The number of hydrogen-bond acceptors (Lipinski definition) is 3. The molecule has 0 aromatic heterocycles. The van der Waals surface area contributed by atoms with Crippen molar-refractivity contribution < 1.29 is 27.1 Å². The molecule has 0 radical (unpaired) electrons. The molecule has 1 atom stereocenters. The standard InChI is InChI=1S/C12H13F2NO4S/c13-9-3-4-10(14)11(6-9)20(18,19)15-5-1-2-8(7-15)12(16)17/h3-4,6,8H,1-2,5,7H2,(H,16,17)/t8-/m1/s1. The van der Waals surface area contributed by atoms with E-state index in [0.29, 0.717) is 18.9 Å². The number of rotatable bonds is 3. The Bertz CT molecular complexity index is 632. The first kappa shape index (κ1) is 14.9. The van der Waals surface area contributed by atoms with Crippen LogP contribution in [0.15, 0.2) is 23.1 Å². The van der Waals surface area contributed by atoms with Crippen LogP contribution < -0.4 is 0 Å². The molecule has 0 spiro atoms. The largest absolute Gasteiger partial charge is 0.481 e. The molecule has 1 aromatic rings. The molecule has 1 saturated heterocycles. The number of nitrogens with zero attached hydrogens (tertiary/aromatic N) is 1. The van der Waals surface area contributed by atoms with Crippen LogP contribution in [0.25, 0.3) is 0 Å². The van der Waals surface area contributed by atoms with E-state index >= 15 is 0 Å². The average Bonchev–Trinajstić information content (AvgIpc) is 2.41. The molecule has 0 unspecified atom stereocenters. The number of carboxylic acid groups (broad SMARTS) is 1. The number of piperidine rings is 1. The molecule has 8 heteroatoms. The Morgan fingerprint density at radius 3 is 2.70 bits per heavy atom. The molecule has 1 fully saturated rings. The predicted octanol–water partition coefficient (Wildman–Crippen LogP) is 1.45. The Kier molecular flexibility index (Phi) is 4.05. The van der Waals surface area contributed by atoms with Crippen molar-refractivity contribution in [2.45, 2.75) is 17.7 Å². The van der Waals surface area contributed by atoms with Crippen molar-refractivity contribution in [1.82, 2.24) is 4.31 Å². The van der Waals surface area contributed by atoms with E-state index < -0.39 is 38.4 Å². The van der Waals surface area contributed by atoms with Crippen LogP contribution in [0.4, 0.5) is 8.78 Å². The fourth-order valence-corrected chi connectivity index (χ4v) is 3.78. The van der Waals surface area contributed by atoms with E-state index in [1.54, 1.807) is 0 Å². The van der Waals surface area contributed by atoms with Gasteiger partial charge < -0.3 is 5.11 Å². The summed E-state index contributed by atoms with van der Waals surface area (Å²) in [6, 6.07) is 2.17. The summed E-state index contributed by atoms with van der Waals surface area (Å²) in [6.07, 6.45) is 0.736. The molecule has 1 aliphatic heterocycles. The Labute approximate surface area is 114 Å². The molecule has 1 heterocycles. The Hall–Kier alpha value is -1.54. The third kappa shape index (κ3) is 2.80. The molecular weight excluding hydrogens is 292 g/mol. The van der Waals surface area contributed by atoms with Gasteiger partial charge in [0.05, 0.1) is 5.92 Å². The Morgan fingerprint density at radius 2 is 2.05 bits per heavy atom. The van der Waals surface area contributed by atoms with Gasteiger partial charge in [0, 0.05) is 13.1 Å². The first-order valence-electron chi connectivity index (χ1n) is 6.00. The summed E-state index contributed by atoms with van der Waals surface area (Å²) in [5.74, 6) is -3.83. The van der Waals surface area contributed by atoms with Gasteiger partial charge in [-0.15, -0.1) is 0 Å². The van der Waals surface area contributed by atoms with Crippen LogP contribution in [0.5, 0.6) is 0 Å². The molecule has 0 aliphatic carbocycles. The lowest BCUT2D eigenvalue weighted by Crippen LogP contribution is -2.42. The zero-order chi connectivity index (χ0) is 14.9. The lowest BCUT2D eigenvalue weighted by atomic mass is 10.0. The molecule has 0 amide bonds. The number of aliphatic carboxylic acids is 1. The minimum Gasteiger partial charge on any atom is -0.481 e. The van der Waals surface area contributed by atoms with Crippen molar-refractivity contribution in [3.05, 3.63) is 29.8 Å². The summed E-state index contributed by atoms with van der Waals surface area (Å²) in [5, 5.41) is 8.94. The second kappa shape index (κ2) is 5.45. The van der Waals surface area contributed by atoms with Crippen molar-refractivity contribution in [2.24, 2.45) is 5.92 Å². The smallest absolute Gasteiger partial charge is 0.307 e. The zero-order valence-electron chi connectivity index (χ0n) is 10.4. The van der Waals surface area contributed by atoms with Crippen LogP contribution >= 0.6 is 0 Å². The molecule has 110 valence electrons. The third-order valence-corrected chi connectivity index (χ3v) is 5.12. The third-order valence-electron chi connectivity index (χ3n) is 3.24. The van der Waals surface area contributed by atoms with Gasteiger partial charge in [0.2, 0.25) is 10.0 Å². The monoisotopic (exact) mass is 305 g/mol. The van der Waals surface area contributed by atoms with Crippen molar-refractivity contribution in [3.8, 4) is 0 Å². The molecule has 2 rings (SSSR count). The van der Waals surface area contributed by atoms with Crippen molar-refractivity contribution >= 4 is 16.0 Å². The highest BCUT2D eigenvalue weighted by Gasteiger charge is 2.34. The van der Waals surface area contributed by atoms with Crippen molar-refractivity contribution in [1.29, 1.82) is 0 Å². The van der Waals surface area contributed by atoms with Gasteiger partial charge in [-0.2, -0.15) is 4.31 Å². The summed E-state index contributed by atoms with van der Waals surface area (Å²) >= 11 is 0. The maximum absolute atomic E-state index is 13.6. The molecule has 5 nitrogen and oxygen atoms in total. The summed E-state index contributed by atoms with van der Waals surface area (Å²) < 4.78 is 52.1. The second-order valence-electron chi connectivity index (χ2n) is 4.62. The predicted molar refractivity (Wildman–Crippen MR) is 65.5 cm³/mol. The Balaban J connectivity index is 2.35. The SMILES string of the molecule is O=C(O)[C@@H]1CCCN(S(=O)(=O)c2cc(F)ccc2F)C1. The summed E-state index contributed by atoms with van der Waals surface area (Å²) in [6.45, 7) is -0.129. The van der Waals surface area contributed by atoms with Gasteiger partial charge in [0.25, 0.3) is 0 Å². The fourth-order valence-electron chi connectivity index (χ4n) is 2.18. The molecule has 20 heavy (non-hydrogen) atoms. The maximum atomic E-state index is 13.6. The van der Waals surface area contributed by atoms with Gasteiger partial charge in [0.1, 0.15) is 16.5 Å². The zero-order valence-corrected chi connectivity index (χ0v) is 11.2. The van der Waals surface area contributed by atoms with Gasteiger partial charge in [-0.25, -0.2) is 17.2 Å². The highest BCUT2D eigenvalue weighted by atomic mass is 32.2. The quantitative estimate of drug-likeness (QED) is 0.917. The number of halogens is 2. The molecule has 0 saturated carbocycles. The van der Waals surface area contributed by atoms with E-state index in [1.165, 1.54) is 0 Å². The van der Waals surface area contributed by atoms with E-state index in [4.69, 9.17) is 5.11 Å². The minimum atomic E-state index is -4.23. The van der Waals surface area contributed by atoms with Gasteiger partial charge in [0.15, 0.2) is 0 Å². The first-order valence-corrected chi connectivity index (χ1v) is 7.44. The van der Waals surface area contributed by atoms with Crippen LogP contribution in [0, 0.1) is 17.6 Å². The number of hydrogen-bond donors (Lipinski definition) is 1. The topological polar surface area (TPSA) is 74.7 Å². The second-order valence-corrected chi connectivity index (χ2v) is 6.52. The van der Waals surface area contributed by atoms with Gasteiger partial charge >= 0.3 is 5.97 Å². The lowest BCUT2D eigenvalue weighted by Gasteiger charge is -2.29. The van der Waals surface area contributed by atoms with Crippen LogP contribution in [0.2, 0.25) is 0 Å². The fraction of sp³-hybridized carbons (Fsp3) is 0.417. The lowest BCUT2D eigenvalue weighted by molar-refractivity contribution is -0.142. The van der Waals surface area contributed by atoms with Crippen molar-refractivity contribution in [2.75, 3.05) is 13.1 Å². The average molecular weight is 305 g/mol. The van der Waals surface area contributed by atoms with E-state index in [9.17, 15) is 22.0 Å². The summed E-state index contributed by atoms with van der Waals surface area (Å²) in [5.41, 5.74) is 0. The number of sulfonamides is 1. The van der Waals surface area contributed by atoms with Gasteiger partial charge in [-0.3, -0.25) is 4.79 Å². The van der Waals surface area contributed by atoms with E-state index in [-0.39, 0.29) is 13.1 Å². The normalized spacial score (nSPS) is 20.8. The van der Waals surface area contributed by atoms with Crippen molar-refractivity contribution in [3.63, 3.8) is 0 Å². The highest BCUT2D eigenvalue weighted by Crippen LogP contribution is 2.25. The maximum Gasteiger partial charge on any atom is 0.307 e. The Morgan fingerprint density at radius 1 is 1.35 bits per heavy atom. The molecular formula is C12H13F2NO4S. The van der Waals surface area contributed by atoms with Crippen LogP contribution in [-0.4, -0.2) is 36.9 Å². The first-order chi connectivity index (χ1) is 9.32. The summed E-state index contributed by atoms with van der Waals surface area (Å²) in [7, 11) is -4.23. The van der Waals surface area contributed by atoms with E-state index in [2.05, 4.69) is 0 Å². The van der Waals surface area contributed by atoms with Gasteiger partial charge in [-0.05, 0) is 31.0 Å². The van der Waals surface area contributed by atoms with Crippen LogP contribution in [0.3, 0.4) is 0 Å². The molecule has 1 aromatic carbocycles. The number of benzene rings is 1. The van der Waals surface area contributed by atoms with Gasteiger partial charge in [-0.1, -0.05) is 0 Å². The summed E-state index contributed by atoms with van der Waals surface area (Å²) in [4.78, 5) is 10.2. The molecule has 1 aliphatic rings. The highest BCUT2D eigenvalue weighted by molar-refractivity contribution is 7.89. The molecule has 0 bridgehead atoms. The van der Waals surface area contributed by atoms with E-state index in [0.717, 1.165) is 16.4 Å². The van der Waals surface area contributed by atoms with Crippen LogP contribution in [-0.2, 0) is 14.8 Å². The van der Waals surface area contributed by atoms with E-state index in [1.807, 2.05) is 0 Å². The molecule has 1 N–H and O–H groups in total. The number of carbonyl (C=O) groups is 1. The minimum absolute atomic E-state index is 0.0993. The van der Waals surface area contributed by atoms with Crippen LogP contribution in [0.1, 0.15) is 12.8 Å².